The van der Waals surface area contributed by atoms with Gasteiger partial charge in [0.2, 0.25) is 0 Å². The van der Waals surface area contributed by atoms with E-state index in [9.17, 15) is 8.42 Å². The lowest BCUT2D eigenvalue weighted by Gasteiger charge is -2.18. The molecule has 2 unspecified atom stereocenters. The molecule has 0 aromatic carbocycles. The van der Waals surface area contributed by atoms with E-state index in [0.29, 0.717) is 18.1 Å². The van der Waals surface area contributed by atoms with Gasteiger partial charge in [-0.3, -0.25) is 0 Å². The highest BCUT2D eigenvalue weighted by Crippen LogP contribution is 2.28. The van der Waals surface area contributed by atoms with Crippen molar-refractivity contribution in [2.24, 2.45) is 11.7 Å². The van der Waals surface area contributed by atoms with E-state index in [2.05, 4.69) is 4.98 Å². The third kappa shape index (κ3) is 2.09. The van der Waals surface area contributed by atoms with Gasteiger partial charge in [-0.05, 0) is 25.7 Å². The van der Waals surface area contributed by atoms with Crippen LogP contribution in [0.25, 0.3) is 0 Å². The second kappa shape index (κ2) is 4.57. The molecule has 0 saturated carbocycles. The van der Waals surface area contributed by atoms with Gasteiger partial charge in [-0.25, -0.2) is 13.4 Å². The zero-order valence-corrected chi connectivity index (χ0v) is 11.9. The number of sulfonamides is 1. The molecule has 106 valence electrons. The van der Waals surface area contributed by atoms with Gasteiger partial charge in [0.05, 0.1) is 6.20 Å². The molecule has 2 aliphatic heterocycles. The van der Waals surface area contributed by atoms with Crippen molar-refractivity contribution in [1.82, 2.24) is 13.9 Å². The Kier molecular flexibility index (Phi) is 3.15. The average molecular weight is 284 g/mol. The first-order valence-electron chi connectivity index (χ1n) is 6.80. The Balaban J connectivity index is 1.87. The lowest BCUT2D eigenvalue weighted by molar-refractivity contribution is 0.425. The molecular weight excluding hydrogens is 264 g/mol. The summed E-state index contributed by atoms with van der Waals surface area (Å²) in [5, 5.41) is 0.352. The van der Waals surface area contributed by atoms with Gasteiger partial charge < -0.3 is 10.3 Å². The predicted octanol–water partition coefficient (Wildman–Crippen LogP) is 0.187. The number of imidazole rings is 1. The van der Waals surface area contributed by atoms with Crippen LogP contribution in [0.15, 0.2) is 11.2 Å². The van der Waals surface area contributed by atoms with E-state index < -0.39 is 10.0 Å². The Morgan fingerprint density at radius 2 is 2.26 bits per heavy atom. The summed E-state index contributed by atoms with van der Waals surface area (Å²) in [6.45, 7) is 3.79. The molecule has 19 heavy (non-hydrogen) atoms. The molecule has 6 nitrogen and oxygen atoms in total. The average Bonchev–Trinajstić information content (AvgIpc) is 3.04. The van der Waals surface area contributed by atoms with Crippen LogP contribution in [-0.2, 0) is 23.0 Å². The van der Waals surface area contributed by atoms with E-state index in [1.54, 1.807) is 4.31 Å². The number of hydrogen-bond donors (Lipinski definition) is 1. The fraction of sp³-hybridized carbons (Fsp3) is 0.750. The van der Waals surface area contributed by atoms with Gasteiger partial charge in [0.1, 0.15) is 5.82 Å². The lowest BCUT2D eigenvalue weighted by atomic mass is 10.0. The van der Waals surface area contributed by atoms with Gasteiger partial charge >= 0.3 is 0 Å². The molecule has 7 heteroatoms. The molecule has 1 aromatic rings. The van der Waals surface area contributed by atoms with Crippen molar-refractivity contribution >= 4 is 10.0 Å². The summed E-state index contributed by atoms with van der Waals surface area (Å²) in [6.07, 6.45) is 4.20. The fourth-order valence-electron chi connectivity index (χ4n) is 2.97. The van der Waals surface area contributed by atoms with Crippen LogP contribution in [-0.4, -0.2) is 41.4 Å². The van der Waals surface area contributed by atoms with Gasteiger partial charge in [0.25, 0.3) is 10.0 Å². The molecule has 0 aliphatic carbocycles. The van der Waals surface area contributed by atoms with Crippen molar-refractivity contribution in [3.63, 3.8) is 0 Å². The molecule has 0 radical (unpaired) electrons. The lowest BCUT2D eigenvalue weighted by Crippen LogP contribution is -2.33. The van der Waals surface area contributed by atoms with Crippen LogP contribution in [0.3, 0.4) is 0 Å². The van der Waals surface area contributed by atoms with Crippen LogP contribution in [0.4, 0.5) is 0 Å². The summed E-state index contributed by atoms with van der Waals surface area (Å²) < 4.78 is 28.7. The van der Waals surface area contributed by atoms with Gasteiger partial charge in [-0.15, -0.1) is 0 Å². The summed E-state index contributed by atoms with van der Waals surface area (Å²) in [4.78, 5) is 4.22. The maximum absolute atomic E-state index is 12.6. The van der Waals surface area contributed by atoms with Crippen LogP contribution in [0.5, 0.6) is 0 Å². The normalized spacial score (nSPS) is 25.7. The third-order valence-corrected chi connectivity index (χ3v) is 6.08. The number of nitrogens with two attached hydrogens (primary N) is 1. The molecule has 1 saturated heterocycles. The number of fused-ring (bicyclic) bond motifs is 1. The molecule has 3 heterocycles. The minimum atomic E-state index is -3.41. The number of hydrogen-bond acceptors (Lipinski definition) is 4. The smallest absolute Gasteiger partial charge is 0.260 e. The molecule has 0 amide bonds. The van der Waals surface area contributed by atoms with E-state index in [4.69, 9.17) is 5.73 Å². The summed E-state index contributed by atoms with van der Waals surface area (Å²) in [5.74, 6) is 1.15. The van der Waals surface area contributed by atoms with Crippen LogP contribution in [0.2, 0.25) is 0 Å². The molecule has 0 bridgehead atoms. The Hall–Kier alpha value is -0.920. The summed E-state index contributed by atoms with van der Waals surface area (Å²) in [7, 11) is -3.41. The number of rotatable bonds is 3. The number of aryl methyl sites for hydroxylation is 1. The predicted molar refractivity (Wildman–Crippen MR) is 71.1 cm³/mol. The van der Waals surface area contributed by atoms with E-state index in [0.717, 1.165) is 31.6 Å². The first-order chi connectivity index (χ1) is 9.00. The SMILES string of the molecule is CC(N)C1CCN(S(=O)(=O)c2cnc3n2CCC3)C1. The first-order valence-corrected chi connectivity index (χ1v) is 8.24. The summed E-state index contributed by atoms with van der Waals surface area (Å²) in [6, 6.07) is 0.0383. The number of nitrogens with zero attached hydrogens (tertiary/aromatic N) is 3. The Morgan fingerprint density at radius 1 is 1.47 bits per heavy atom. The molecule has 0 spiro atoms. The van der Waals surface area contributed by atoms with Crippen LogP contribution in [0, 0.1) is 5.92 Å². The molecule has 2 aliphatic rings. The minimum Gasteiger partial charge on any atom is -0.328 e. The molecule has 2 atom stereocenters. The maximum atomic E-state index is 12.6. The second-order valence-electron chi connectivity index (χ2n) is 5.54. The Morgan fingerprint density at radius 3 is 2.95 bits per heavy atom. The summed E-state index contributed by atoms with van der Waals surface area (Å²) in [5.41, 5.74) is 5.87. The Bertz CT molecular complexity index is 579. The van der Waals surface area contributed by atoms with Crippen molar-refractivity contribution < 1.29 is 8.42 Å². The highest BCUT2D eigenvalue weighted by atomic mass is 32.2. The maximum Gasteiger partial charge on any atom is 0.260 e. The third-order valence-electron chi connectivity index (χ3n) is 4.22. The largest absolute Gasteiger partial charge is 0.328 e. The van der Waals surface area contributed by atoms with Crippen LogP contribution >= 0.6 is 0 Å². The van der Waals surface area contributed by atoms with Gasteiger partial charge in [0.15, 0.2) is 5.03 Å². The highest BCUT2D eigenvalue weighted by molar-refractivity contribution is 7.89. The highest BCUT2D eigenvalue weighted by Gasteiger charge is 2.36. The molecule has 1 fully saturated rings. The van der Waals surface area contributed by atoms with E-state index in [1.165, 1.54) is 6.20 Å². The van der Waals surface area contributed by atoms with Crippen molar-refractivity contribution in [2.75, 3.05) is 13.1 Å². The van der Waals surface area contributed by atoms with Gasteiger partial charge in [-0.1, -0.05) is 0 Å². The molecule has 1 aromatic heterocycles. The van der Waals surface area contributed by atoms with Gasteiger partial charge in [-0.2, -0.15) is 4.31 Å². The Labute approximate surface area is 113 Å². The van der Waals surface area contributed by atoms with Crippen LogP contribution in [0.1, 0.15) is 25.6 Å². The zero-order chi connectivity index (χ0) is 13.6. The monoisotopic (exact) mass is 284 g/mol. The van der Waals surface area contributed by atoms with Crippen molar-refractivity contribution in [2.45, 2.75) is 43.8 Å². The quantitative estimate of drug-likeness (QED) is 0.859. The zero-order valence-electron chi connectivity index (χ0n) is 11.1. The molecule has 3 rings (SSSR count). The van der Waals surface area contributed by atoms with Gasteiger partial charge in [0, 0.05) is 32.1 Å². The minimum absolute atomic E-state index is 0.0383. The fourth-order valence-corrected chi connectivity index (χ4v) is 4.63. The van der Waals surface area contributed by atoms with Crippen molar-refractivity contribution in [3.8, 4) is 0 Å². The van der Waals surface area contributed by atoms with E-state index >= 15 is 0 Å². The van der Waals surface area contributed by atoms with E-state index in [-0.39, 0.29) is 12.0 Å². The second-order valence-corrected chi connectivity index (χ2v) is 7.42. The molecular formula is C12H20N4O2S. The van der Waals surface area contributed by atoms with E-state index in [1.807, 2.05) is 11.5 Å². The standard InChI is InChI=1S/C12H20N4O2S/c1-9(13)10-4-6-15(8-10)19(17,18)12-7-14-11-3-2-5-16(11)12/h7,9-10H,2-6,8,13H2,1H3. The van der Waals surface area contributed by atoms with Crippen LogP contribution < -0.4 is 5.73 Å². The number of aromatic nitrogens is 2. The molecule has 2 N–H and O–H groups in total. The first kappa shape index (κ1) is 13.1. The van der Waals surface area contributed by atoms with Crippen molar-refractivity contribution in [1.29, 1.82) is 0 Å². The summed E-state index contributed by atoms with van der Waals surface area (Å²) >= 11 is 0. The van der Waals surface area contributed by atoms with Crippen molar-refractivity contribution in [3.05, 3.63) is 12.0 Å². The topological polar surface area (TPSA) is 81.2 Å².